The maximum absolute atomic E-state index is 8.92. The maximum Gasteiger partial charge on any atom is 0.105 e. The van der Waals surface area contributed by atoms with Crippen LogP contribution in [0, 0.1) is 5.92 Å². The molecule has 0 aliphatic carbocycles. The molecule has 0 aromatic carbocycles. The first kappa shape index (κ1) is 8.92. The van der Waals surface area contributed by atoms with E-state index in [0.29, 0.717) is 5.92 Å². The van der Waals surface area contributed by atoms with Gasteiger partial charge in [0.15, 0.2) is 0 Å². The molecule has 9 heavy (non-hydrogen) atoms. The first-order chi connectivity index (χ1) is 4.22. The molecule has 2 unspecified atom stereocenters. The van der Waals surface area contributed by atoms with Crippen molar-refractivity contribution in [3.8, 4) is 0 Å². The van der Waals surface area contributed by atoms with Crippen molar-refractivity contribution < 1.29 is 5.11 Å². The van der Waals surface area contributed by atoms with E-state index in [1.165, 1.54) is 0 Å². The molecule has 3 N–H and O–H groups in total. The Hall–Kier alpha value is -0.0800. The summed E-state index contributed by atoms with van der Waals surface area (Å²) in [4.78, 5) is 0. The Kier molecular flexibility index (Phi) is 4.72. The number of hydrogen-bond donors (Lipinski definition) is 2. The van der Waals surface area contributed by atoms with Crippen LogP contribution in [0.3, 0.4) is 0 Å². The van der Waals surface area contributed by atoms with Crippen molar-refractivity contribution in [2.24, 2.45) is 11.7 Å². The molecule has 0 aromatic heterocycles. The average molecular weight is 131 g/mol. The zero-order valence-electron chi connectivity index (χ0n) is 6.30. The number of hydrogen-bond acceptors (Lipinski definition) is 2. The molecule has 0 amide bonds. The van der Waals surface area contributed by atoms with Gasteiger partial charge < -0.3 is 10.8 Å². The minimum Gasteiger partial charge on any atom is -0.379 e. The molecular weight excluding hydrogens is 114 g/mol. The van der Waals surface area contributed by atoms with Gasteiger partial charge in [-0.15, -0.1) is 0 Å². The van der Waals surface area contributed by atoms with Crippen molar-refractivity contribution in [3.63, 3.8) is 0 Å². The highest BCUT2D eigenvalue weighted by Gasteiger charge is 2.10. The van der Waals surface area contributed by atoms with Crippen LogP contribution in [0.4, 0.5) is 0 Å². The third-order valence-electron chi connectivity index (χ3n) is 1.67. The predicted molar refractivity (Wildman–Crippen MR) is 38.9 cm³/mol. The SMILES string of the molecule is CCCC(CC)C(N)O. The number of aliphatic hydroxyl groups excluding tert-OH is 1. The summed E-state index contributed by atoms with van der Waals surface area (Å²) in [5, 5.41) is 8.92. The molecule has 0 spiro atoms. The van der Waals surface area contributed by atoms with Crippen LogP contribution in [0.15, 0.2) is 0 Å². The normalized spacial score (nSPS) is 17.3. The van der Waals surface area contributed by atoms with E-state index in [0.717, 1.165) is 19.3 Å². The van der Waals surface area contributed by atoms with Crippen LogP contribution in [0.25, 0.3) is 0 Å². The lowest BCUT2D eigenvalue weighted by Gasteiger charge is -2.15. The minimum absolute atomic E-state index is 0.301. The monoisotopic (exact) mass is 131 g/mol. The zero-order chi connectivity index (χ0) is 7.28. The highest BCUT2D eigenvalue weighted by molar-refractivity contribution is 4.60. The molecule has 2 heteroatoms. The summed E-state index contributed by atoms with van der Waals surface area (Å²) in [6.07, 6.45) is 2.50. The maximum atomic E-state index is 8.92. The van der Waals surface area contributed by atoms with E-state index in [1.807, 2.05) is 0 Å². The molecule has 0 saturated heterocycles. The van der Waals surface area contributed by atoms with E-state index >= 15 is 0 Å². The molecule has 0 aliphatic heterocycles. The molecule has 0 heterocycles. The molecule has 2 atom stereocenters. The molecule has 0 saturated carbocycles. The van der Waals surface area contributed by atoms with Crippen molar-refractivity contribution in [3.05, 3.63) is 0 Å². The lowest BCUT2D eigenvalue weighted by Crippen LogP contribution is -2.28. The summed E-state index contributed by atoms with van der Waals surface area (Å²) >= 11 is 0. The highest BCUT2D eigenvalue weighted by Crippen LogP contribution is 2.11. The smallest absolute Gasteiger partial charge is 0.105 e. The van der Waals surface area contributed by atoms with Crippen LogP contribution >= 0.6 is 0 Å². The van der Waals surface area contributed by atoms with Crippen LogP contribution in [-0.2, 0) is 0 Å². The van der Waals surface area contributed by atoms with E-state index < -0.39 is 6.23 Å². The van der Waals surface area contributed by atoms with Crippen molar-refractivity contribution in [2.45, 2.75) is 39.3 Å². The van der Waals surface area contributed by atoms with Crippen LogP contribution in [0.2, 0.25) is 0 Å². The molecule has 0 aromatic rings. The topological polar surface area (TPSA) is 46.2 Å². The van der Waals surface area contributed by atoms with Crippen molar-refractivity contribution in [1.82, 2.24) is 0 Å². The van der Waals surface area contributed by atoms with Crippen LogP contribution in [0.1, 0.15) is 33.1 Å². The predicted octanol–water partition coefficient (Wildman–Crippen LogP) is 1.09. The molecule has 0 fully saturated rings. The van der Waals surface area contributed by atoms with Gasteiger partial charge in [0.05, 0.1) is 0 Å². The Labute approximate surface area is 57.1 Å². The zero-order valence-corrected chi connectivity index (χ0v) is 6.30. The van der Waals surface area contributed by atoms with Gasteiger partial charge in [0, 0.05) is 0 Å². The fourth-order valence-corrected chi connectivity index (χ4v) is 0.987. The second kappa shape index (κ2) is 4.77. The Morgan fingerprint density at radius 2 is 2.00 bits per heavy atom. The van der Waals surface area contributed by atoms with E-state index in [2.05, 4.69) is 13.8 Å². The van der Waals surface area contributed by atoms with Gasteiger partial charge in [-0.3, -0.25) is 0 Å². The van der Waals surface area contributed by atoms with Gasteiger partial charge in [0.1, 0.15) is 6.23 Å². The number of nitrogens with two attached hydrogens (primary N) is 1. The molecule has 0 radical (unpaired) electrons. The van der Waals surface area contributed by atoms with Crippen LogP contribution < -0.4 is 5.73 Å². The molecule has 56 valence electrons. The molecule has 2 nitrogen and oxygen atoms in total. The Morgan fingerprint density at radius 3 is 2.11 bits per heavy atom. The fourth-order valence-electron chi connectivity index (χ4n) is 0.987. The summed E-state index contributed by atoms with van der Waals surface area (Å²) in [7, 11) is 0. The average Bonchev–Trinajstić information content (AvgIpc) is 1.82. The van der Waals surface area contributed by atoms with Crippen LogP contribution in [0.5, 0.6) is 0 Å². The van der Waals surface area contributed by atoms with Gasteiger partial charge in [-0.1, -0.05) is 20.3 Å². The molecule has 0 aliphatic rings. The second-order valence-electron chi connectivity index (χ2n) is 2.45. The van der Waals surface area contributed by atoms with Crippen molar-refractivity contribution in [2.75, 3.05) is 0 Å². The summed E-state index contributed by atoms with van der Waals surface area (Å²) < 4.78 is 0. The summed E-state index contributed by atoms with van der Waals surface area (Å²) in [5.41, 5.74) is 5.29. The minimum atomic E-state index is -0.616. The lowest BCUT2D eigenvalue weighted by atomic mass is 9.99. The fraction of sp³-hybridized carbons (Fsp3) is 1.00. The Bertz CT molecular complexity index is 63.9. The second-order valence-corrected chi connectivity index (χ2v) is 2.45. The van der Waals surface area contributed by atoms with E-state index in [9.17, 15) is 0 Å². The third-order valence-corrected chi connectivity index (χ3v) is 1.67. The van der Waals surface area contributed by atoms with E-state index in [1.54, 1.807) is 0 Å². The standard InChI is InChI=1S/C7H17NO/c1-3-5-6(4-2)7(8)9/h6-7,9H,3-5,8H2,1-2H3. The molecular formula is C7H17NO. The first-order valence-electron chi connectivity index (χ1n) is 3.66. The summed E-state index contributed by atoms with van der Waals surface area (Å²) in [6, 6.07) is 0. The highest BCUT2D eigenvalue weighted by atomic mass is 16.3. The van der Waals surface area contributed by atoms with Crippen LogP contribution in [-0.4, -0.2) is 11.3 Å². The summed E-state index contributed by atoms with van der Waals surface area (Å²) in [6.45, 7) is 4.15. The van der Waals surface area contributed by atoms with Gasteiger partial charge in [0.2, 0.25) is 0 Å². The third kappa shape index (κ3) is 3.49. The number of rotatable bonds is 4. The molecule has 0 bridgehead atoms. The van der Waals surface area contributed by atoms with Gasteiger partial charge in [-0.2, -0.15) is 0 Å². The van der Waals surface area contributed by atoms with E-state index in [4.69, 9.17) is 10.8 Å². The van der Waals surface area contributed by atoms with E-state index in [-0.39, 0.29) is 0 Å². The Morgan fingerprint density at radius 1 is 1.44 bits per heavy atom. The largest absolute Gasteiger partial charge is 0.379 e. The molecule has 0 rings (SSSR count). The summed E-state index contributed by atoms with van der Waals surface area (Å²) in [5.74, 6) is 0.301. The van der Waals surface area contributed by atoms with Gasteiger partial charge >= 0.3 is 0 Å². The van der Waals surface area contributed by atoms with Crippen molar-refractivity contribution in [1.29, 1.82) is 0 Å². The lowest BCUT2D eigenvalue weighted by molar-refractivity contribution is 0.106. The van der Waals surface area contributed by atoms with Crippen molar-refractivity contribution >= 4 is 0 Å². The number of aliphatic hydroxyl groups is 1. The van der Waals surface area contributed by atoms with Gasteiger partial charge in [-0.25, -0.2) is 0 Å². The first-order valence-corrected chi connectivity index (χ1v) is 3.66. The van der Waals surface area contributed by atoms with Gasteiger partial charge in [0.25, 0.3) is 0 Å². The quantitative estimate of drug-likeness (QED) is 0.561. The van der Waals surface area contributed by atoms with Gasteiger partial charge in [-0.05, 0) is 18.8 Å². The Balaban J connectivity index is 3.41.